The van der Waals surface area contributed by atoms with Crippen molar-refractivity contribution in [3.05, 3.63) is 60.2 Å². The highest BCUT2D eigenvalue weighted by Crippen LogP contribution is 2.35. The van der Waals surface area contributed by atoms with Gasteiger partial charge in [-0.25, -0.2) is 4.79 Å². The molecule has 3 heterocycles. The first-order chi connectivity index (χ1) is 14.7. The third kappa shape index (κ3) is 3.97. The molecule has 0 radical (unpaired) electrons. The Labute approximate surface area is 177 Å². The van der Waals surface area contributed by atoms with E-state index in [-0.39, 0.29) is 6.10 Å². The predicted octanol–water partition coefficient (Wildman–Crippen LogP) is 3.53. The van der Waals surface area contributed by atoms with Crippen LogP contribution in [0.1, 0.15) is 12.0 Å². The van der Waals surface area contributed by atoms with Crippen molar-refractivity contribution in [3.8, 4) is 0 Å². The summed E-state index contributed by atoms with van der Waals surface area (Å²) in [6.45, 7) is 5.89. The Bertz CT molecular complexity index is 859. The number of nitrogens with zero attached hydrogens (tertiary/aromatic N) is 3. The van der Waals surface area contributed by atoms with E-state index in [1.165, 1.54) is 16.9 Å². The summed E-state index contributed by atoms with van der Waals surface area (Å²) in [6, 6.07) is 19.2. The molecule has 3 fully saturated rings. The first-order valence-corrected chi connectivity index (χ1v) is 10.9. The molecule has 0 bridgehead atoms. The van der Waals surface area contributed by atoms with Crippen molar-refractivity contribution in [2.24, 2.45) is 11.8 Å². The summed E-state index contributed by atoms with van der Waals surface area (Å²) >= 11 is 0. The highest BCUT2D eigenvalue weighted by atomic mass is 16.5. The van der Waals surface area contributed by atoms with Crippen LogP contribution in [0.2, 0.25) is 0 Å². The highest BCUT2D eigenvalue weighted by Gasteiger charge is 2.41. The van der Waals surface area contributed by atoms with Crippen LogP contribution in [0.4, 0.5) is 16.2 Å². The number of carboxylic acid groups (broad SMARTS) is 1. The molecule has 0 saturated carbocycles. The standard InChI is InChI=1S/C24H29N3O3/c28-24(29)27-14-19-12-26(13-20(19)15-27)22-8-6-21(7-9-22)25-11-10-23(16-25)30-17-18-4-2-1-3-5-18/h1-9,19-20,23H,10-17H2,(H,28,29). The quantitative estimate of drug-likeness (QED) is 0.822. The third-order valence-corrected chi connectivity index (χ3v) is 6.81. The van der Waals surface area contributed by atoms with Gasteiger partial charge in [-0.2, -0.15) is 0 Å². The molecule has 1 amide bonds. The molecule has 3 aliphatic rings. The fourth-order valence-electron chi connectivity index (χ4n) is 5.12. The monoisotopic (exact) mass is 407 g/mol. The van der Waals surface area contributed by atoms with E-state index in [2.05, 4.69) is 58.3 Å². The van der Waals surface area contributed by atoms with Crippen LogP contribution >= 0.6 is 0 Å². The maximum Gasteiger partial charge on any atom is 0.407 e. The molecular weight excluding hydrogens is 378 g/mol. The minimum absolute atomic E-state index is 0.278. The van der Waals surface area contributed by atoms with Gasteiger partial charge >= 0.3 is 6.09 Å². The molecule has 3 aliphatic heterocycles. The maximum atomic E-state index is 11.2. The highest BCUT2D eigenvalue weighted by molar-refractivity contribution is 5.65. The van der Waals surface area contributed by atoms with Gasteiger partial charge in [-0.05, 0) is 36.2 Å². The second-order valence-corrected chi connectivity index (χ2v) is 8.78. The number of likely N-dealkylation sites (tertiary alicyclic amines) is 1. The Morgan fingerprint density at radius 2 is 1.50 bits per heavy atom. The molecule has 3 unspecified atom stereocenters. The van der Waals surface area contributed by atoms with Gasteiger partial charge in [0.15, 0.2) is 0 Å². The molecular formula is C24H29N3O3. The van der Waals surface area contributed by atoms with Crippen LogP contribution in [0, 0.1) is 11.8 Å². The zero-order chi connectivity index (χ0) is 20.5. The molecule has 0 spiro atoms. The van der Waals surface area contributed by atoms with Crippen LogP contribution in [0.15, 0.2) is 54.6 Å². The Morgan fingerprint density at radius 3 is 2.13 bits per heavy atom. The van der Waals surface area contributed by atoms with Gasteiger partial charge in [-0.1, -0.05) is 30.3 Å². The molecule has 2 aromatic carbocycles. The molecule has 6 heteroatoms. The number of anilines is 2. The van der Waals surface area contributed by atoms with E-state index in [9.17, 15) is 9.90 Å². The molecule has 30 heavy (non-hydrogen) atoms. The molecule has 3 saturated heterocycles. The lowest BCUT2D eigenvalue weighted by atomic mass is 10.0. The lowest BCUT2D eigenvalue weighted by molar-refractivity contribution is 0.0553. The van der Waals surface area contributed by atoms with E-state index >= 15 is 0 Å². The molecule has 0 aromatic heterocycles. The molecule has 5 rings (SSSR count). The summed E-state index contributed by atoms with van der Waals surface area (Å²) in [5, 5.41) is 9.19. The van der Waals surface area contributed by atoms with Crippen LogP contribution < -0.4 is 9.80 Å². The van der Waals surface area contributed by atoms with Gasteiger partial charge in [0.25, 0.3) is 0 Å². The topological polar surface area (TPSA) is 56.2 Å². The Kier molecular flexibility index (Phi) is 5.25. The van der Waals surface area contributed by atoms with E-state index in [1.807, 2.05) is 6.07 Å². The summed E-state index contributed by atoms with van der Waals surface area (Å²) in [6.07, 6.45) is 0.557. The first-order valence-electron chi connectivity index (χ1n) is 10.9. The van der Waals surface area contributed by atoms with E-state index in [0.717, 1.165) is 32.6 Å². The maximum absolute atomic E-state index is 11.2. The molecule has 3 atom stereocenters. The fraction of sp³-hybridized carbons (Fsp3) is 0.458. The number of ether oxygens (including phenoxy) is 1. The van der Waals surface area contributed by atoms with Gasteiger partial charge in [0, 0.05) is 62.5 Å². The van der Waals surface area contributed by atoms with Gasteiger partial charge < -0.3 is 24.5 Å². The van der Waals surface area contributed by atoms with Gasteiger partial charge in [-0.3, -0.25) is 0 Å². The van der Waals surface area contributed by atoms with E-state index in [1.54, 1.807) is 4.90 Å². The SMILES string of the molecule is O=C(O)N1CC2CN(c3ccc(N4CCC(OCc5ccccc5)C4)cc3)CC2C1. The average molecular weight is 408 g/mol. The van der Waals surface area contributed by atoms with Gasteiger partial charge in [0.1, 0.15) is 0 Å². The first kappa shape index (κ1) is 19.2. The van der Waals surface area contributed by atoms with Crippen molar-refractivity contribution in [2.45, 2.75) is 19.1 Å². The number of rotatable bonds is 5. The Balaban J connectivity index is 1.13. The summed E-state index contributed by atoms with van der Waals surface area (Å²) in [4.78, 5) is 17.6. The van der Waals surface area contributed by atoms with E-state index in [4.69, 9.17) is 4.74 Å². The number of carbonyl (C=O) groups is 1. The second kappa shape index (κ2) is 8.19. The third-order valence-electron chi connectivity index (χ3n) is 6.81. The lowest BCUT2D eigenvalue weighted by Gasteiger charge is -2.24. The van der Waals surface area contributed by atoms with Crippen LogP contribution in [-0.2, 0) is 11.3 Å². The molecule has 2 aromatic rings. The van der Waals surface area contributed by atoms with E-state index in [0.29, 0.717) is 31.5 Å². The summed E-state index contributed by atoms with van der Waals surface area (Å²) < 4.78 is 6.12. The Hall–Kier alpha value is -2.73. The normalized spacial score (nSPS) is 25.7. The zero-order valence-corrected chi connectivity index (χ0v) is 17.2. The van der Waals surface area contributed by atoms with Crippen molar-refractivity contribution in [1.82, 2.24) is 4.90 Å². The van der Waals surface area contributed by atoms with Crippen molar-refractivity contribution >= 4 is 17.5 Å². The van der Waals surface area contributed by atoms with Crippen LogP contribution in [0.25, 0.3) is 0 Å². The molecule has 6 nitrogen and oxygen atoms in total. The lowest BCUT2D eigenvalue weighted by Crippen LogP contribution is -2.32. The molecule has 158 valence electrons. The average Bonchev–Trinajstić information content (AvgIpc) is 3.48. The van der Waals surface area contributed by atoms with Crippen LogP contribution in [0.5, 0.6) is 0 Å². The number of amides is 1. The van der Waals surface area contributed by atoms with E-state index < -0.39 is 6.09 Å². The number of benzene rings is 2. The van der Waals surface area contributed by atoms with Crippen molar-refractivity contribution in [3.63, 3.8) is 0 Å². The largest absolute Gasteiger partial charge is 0.465 e. The van der Waals surface area contributed by atoms with Gasteiger partial charge in [0.05, 0.1) is 12.7 Å². The van der Waals surface area contributed by atoms with Crippen molar-refractivity contribution < 1.29 is 14.6 Å². The number of fused-ring (bicyclic) bond motifs is 1. The number of hydrogen-bond donors (Lipinski definition) is 1. The molecule has 1 N–H and O–H groups in total. The predicted molar refractivity (Wildman–Crippen MR) is 117 cm³/mol. The summed E-state index contributed by atoms with van der Waals surface area (Å²) in [5.74, 6) is 0.920. The fourth-order valence-corrected chi connectivity index (χ4v) is 5.12. The Morgan fingerprint density at radius 1 is 0.867 bits per heavy atom. The number of hydrogen-bond acceptors (Lipinski definition) is 4. The minimum Gasteiger partial charge on any atom is -0.465 e. The molecule has 0 aliphatic carbocycles. The van der Waals surface area contributed by atoms with Gasteiger partial charge in [0.2, 0.25) is 0 Å². The summed E-state index contributed by atoms with van der Waals surface area (Å²) in [5.41, 5.74) is 3.72. The van der Waals surface area contributed by atoms with Gasteiger partial charge in [-0.15, -0.1) is 0 Å². The minimum atomic E-state index is -0.781. The van der Waals surface area contributed by atoms with Crippen LogP contribution in [-0.4, -0.2) is 61.5 Å². The summed E-state index contributed by atoms with van der Waals surface area (Å²) in [7, 11) is 0. The smallest absolute Gasteiger partial charge is 0.407 e. The zero-order valence-electron chi connectivity index (χ0n) is 17.2. The van der Waals surface area contributed by atoms with Crippen molar-refractivity contribution in [2.75, 3.05) is 49.1 Å². The van der Waals surface area contributed by atoms with Crippen LogP contribution in [0.3, 0.4) is 0 Å². The second-order valence-electron chi connectivity index (χ2n) is 8.78. The van der Waals surface area contributed by atoms with Crippen molar-refractivity contribution in [1.29, 1.82) is 0 Å².